The molecule has 0 radical (unpaired) electrons. The molecule has 5 rings (SSSR count). The van der Waals surface area contributed by atoms with Crippen molar-refractivity contribution < 1.29 is 74.7 Å². The average molecular weight is 578 g/mol. The van der Waals surface area contributed by atoms with Crippen LogP contribution >= 0.6 is 0 Å². The van der Waals surface area contributed by atoms with Gasteiger partial charge in [0.15, 0.2) is 12.6 Å². The van der Waals surface area contributed by atoms with E-state index in [-0.39, 0.29) is 31.5 Å². The number of ether oxygens (including phenoxy) is 5. The summed E-state index contributed by atoms with van der Waals surface area (Å²) in [6, 6.07) is 0. The molecule has 10 N–H and O–H groups in total. The summed E-state index contributed by atoms with van der Waals surface area (Å²) in [5, 5.41) is 101. The normalized spacial score (nSPS) is 41.1. The molecular weight excluding hydrogens is 542 g/mol. The third kappa shape index (κ3) is 4.62. The van der Waals surface area contributed by atoms with Gasteiger partial charge in [-0.2, -0.15) is 0 Å². The number of aliphatic hydroxyl groups excluding tert-OH is 8. The van der Waals surface area contributed by atoms with Crippen molar-refractivity contribution in [1.82, 2.24) is 4.57 Å². The van der Waals surface area contributed by atoms with Crippen molar-refractivity contribution in [2.75, 3.05) is 26.4 Å². The molecule has 2 fully saturated rings. The monoisotopic (exact) mass is 577 g/mol. The molecule has 0 aliphatic carbocycles. The number of aliphatic hydroxyl groups is 8. The number of aromatic nitrogens is 1. The van der Waals surface area contributed by atoms with Crippen LogP contribution in [0.2, 0.25) is 0 Å². The summed E-state index contributed by atoms with van der Waals surface area (Å²) in [5.41, 5.74) is 1.38. The van der Waals surface area contributed by atoms with Crippen LogP contribution in [0.1, 0.15) is 30.3 Å². The molecular formula is C24H35NO15. The Morgan fingerprint density at radius 1 is 0.625 bits per heavy atom. The van der Waals surface area contributed by atoms with E-state index in [1.807, 2.05) is 0 Å². The largest absolute Gasteiger partial charge is 0.494 e. The predicted octanol–water partition coefficient (Wildman–Crippen LogP) is -4.03. The summed E-state index contributed by atoms with van der Waals surface area (Å²) in [5.74, 6) is -0.441. The standard InChI is InChI=1S/C24H35NO15/c1-2-25-21(34)11-12(22(25)35)20-8(6-37-24-18(33)16(31)14(29)10(4-27)39-24)7(19(11)40-20)5-36-23-17(32)15(30)13(28)9(3-26)38-23/h9-10,13-20,23-24,26-35H,2-6H2,1H3/t9?,10?,13-,14-,15-,16-,17?,18?,19?,20?,23+,24+/m0/s1. The maximum Gasteiger partial charge on any atom is 0.200 e. The minimum Gasteiger partial charge on any atom is -0.494 e. The Morgan fingerprint density at radius 3 is 1.38 bits per heavy atom. The van der Waals surface area contributed by atoms with Gasteiger partial charge in [-0.1, -0.05) is 0 Å². The van der Waals surface area contributed by atoms with Gasteiger partial charge in [0, 0.05) is 6.54 Å². The molecule has 1 aromatic rings. The number of nitrogens with zero attached hydrogens (tertiary/aromatic N) is 1. The Morgan fingerprint density at radius 2 is 1.02 bits per heavy atom. The number of fused-ring (bicyclic) bond motifs is 5. The number of aromatic hydroxyl groups is 2. The average Bonchev–Trinajstić information content (AvgIpc) is 3.58. The van der Waals surface area contributed by atoms with Gasteiger partial charge in [-0.15, -0.1) is 0 Å². The lowest BCUT2D eigenvalue weighted by Gasteiger charge is -2.40. The highest BCUT2D eigenvalue weighted by Gasteiger charge is 2.52. The van der Waals surface area contributed by atoms with Gasteiger partial charge in [0.1, 0.15) is 61.0 Å². The van der Waals surface area contributed by atoms with Crippen molar-refractivity contribution in [3.8, 4) is 11.8 Å². The second kappa shape index (κ2) is 11.4. The number of rotatable bonds is 9. The van der Waals surface area contributed by atoms with E-state index in [0.717, 1.165) is 0 Å². The van der Waals surface area contributed by atoms with Gasteiger partial charge < -0.3 is 74.7 Å². The van der Waals surface area contributed by atoms with Crippen LogP contribution < -0.4 is 0 Å². The molecule has 5 heterocycles. The van der Waals surface area contributed by atoms with Crippen LogP contribution in [0.15, 0.2) is 11.1 Å². The van der Waals surface area contributed by atoms with Gasteiger partial charge in [-0.05, 0) is 18.1 Å². The molecule has 16 heteroatoms. The van der Waals surface area contributed by atoms with Crippen LogP contribution in [0.3, 0.4) is 0 Å². The zero-order valence-electron chi connectivity index (χ0n) is 21.4. The van der Waals surface area contributed by atoms with Crippen LogP contribution in [0.5, 0.6) is 11.8 Å². The predicted molar refractivity (Wildman–Crippen MR) is 126 cm³/mol. The van der Waals surface area contributed by atoms with Crippen molar-refractivity contribution >= 4 is 0 Å². The quantitative estimate of drug-likeness (QED) is 0.125. The number of hydrogen-bond acceptors (Lipinski definition) is 15. The van der Waals surface area contributed by atoms with Gasteiger partial charge in [0.25, 0.3) is 0 Å². The summed E-state index contributed by atoms with van der Waals surface area (Å²) in [6.07, 6.45) is -17.0. The Balaban J connectivity index is 1.40. The van der Waals surface area contributed by atoms with E-state index in [1.54, 1.807) is 6.92 Å². The van der Waals surface area contributed by atoms with Gasteiger partial charge >= 0.3 is 0 Å². The van der Waals surface area contributed by atoms with Crippen LogP contribution in [0.25, 0.3) is 0 Å². The molecule has 4 aliphatic heterocycles. The van der Waals surface area contributed by atoms with E-state index >= 15 is 0 Å². The first-order chi connectivity index (χ1) is 19.0. The molecule has 0 spiro atoms. The van der Waals surface area contributed by atoms with E-state index in [9.17, 15) is 51.1 Å². The topological polar surface area (TPSA) is 253 Å². The fraction of sp³-hybridized carbons (Fsp3) is 0.750. The van der Waals surface area contributed by atoms with Crippen molar-refractivity contribution in [3.05, 3.63) is 22.3 Å². The first kappa shape index (κ1) is 29.6. The summed E-state index contributed by atoms with van der Waals surface area (Å²) in [7, 11) is 0. The molecule has 0 aromatic carbocycles. The SMILES string of the molecule is CCn1c(O)c2c(c1O)C1OC2C(CO[C@@H]2OC(CO)[C@H](O)[C@H](O)C2O)=C1CO[C@@H]1OC(CO)[C@H](O)[C@H](O)C1O. The maximum absolute atomic E-state index is 10.8. The molecule has 226 valence electrons. The molecule has 6 unspecified atom stereocenters. The van der Waals surface area contributed by atoms with E-state index in [4.69, 9.17) is 23.7 Å². The lowest BCUT2D eigenvalue weighted by atomic mass is 9.88. The third-order valence-electron chi connectivity index (χ3n) is 7.94. The first-order valence-electron chi connectivity index (χ1n) is 12.9. The summed E-state index contributed by atoms with van der Waals surface area (Å²) in [4.78, 5) is 0. The fourth-order valence-electron chi connectivity index (χ4n) is 5.66. The molecule has 0 amide bonds. The second-order valence-corrected chi connectivity index (χ2v) is 10.2. The molecule has 1 aromatic heterocycles. The first-order valence-corrected chi connectivity index (χ1v) is 12.9. The van der Waals surface area contributed by atoms with E-state index < -0.39 is 86.8 Å². The molecule has 40 heavy (non-hydrogen) atoms. The van der Waals surface area contributed by atoms with E-state index in [1.165, 1.54) is 4.57 Å². The zero-order chi connectivity index (χ0) is 29.0. The maximum atomic E-state index is 10.8. The second-order valence-electron chi connectivity index (χ2n) is 10.2. The van der Waals surface area contributed by atoms with Crippen LogP contribution in [-0.4, -0.2) is 143 Å². The van der Waals surface area contributed by atoms with Gasteiger partial charge in [-0.25, -0.2) is 0 Å². The molecule has 12 atom stereocenters. The zero-order valence-corrected chi connectivity index (χ0v) is 21.4. The van der Waals surface area contributed by atoms with Crippen molar-refractivity contribution in [2.45, 2.75) is 87.1 Å². The molecule has 4 aliphatic rings. The Hall–Kier alpha value is -1.90. The molecule has 2 bridgehead atoms. The van der Waals surface area contributed by atoms with Crippen LogP contribution in [-0.2, 0) is 30.2 Å². The summed E-state index contributed by atoms with van der Waals surface area (Å²) in [6.45, 7) is 0.0397. The molecule has 2 saturated heterocycles. The Labute approximate surface area is 227 Å². The minimum absolute atomic E-state index is 0.221. The Bertz CT molecular complexity index is 1030. The number of hydrogen-bond donors (Lipinski definition) is 10. The van der Waals surface area contributed by atoms with Gasteiger partial charge in [-0.3, -0.25) is 4.57 Å². The fourth-order valence-corrected chi connectivity index (χ4v) is 5.66. The van der Waals surface area contributed by atoms with Crippen LogP contribution in [0.4, 0.5) is 0 Å². The van der Waals surface area contributed by atoms with E-state index in [0.29, 0.717) is 22.3 Å². The van der Waals surface area contributed by atoms with Crippen molar-refractivity contribution in [3.63, 3.8) is 0 Å². The Kier molecular flexibility index (Phi) is 8.44. The van der Waals surface area contributed by atoms with Gasteiger partial charge in [0.05, 0.1) is 37.6 Å². The molecule has 16 nitrogen and oxygen atoms in total. The van der Waals surface area contributed by atoms with Crippen molar-refractivity contribution in [1.29, 1.82) is 0 Å². The van der Waals surface area contributed by atoms with E-state index in [2.05, 4.69) is 0 Å². The highest BCUT2D eigenvalue weighted by atomic mass is 16.7. The summed E-state index contributed by atoms with van der Waals surface area (Å²) >= 11 is 0. The van der Waals surface area contributed by atoms with Crippen molar-refractivity contribution in [2.24, 2.45) is 0 Å². The lowest BCUT2D eigenvalue weighted by molar-refractivity contribution is -0.300. The third-order valence-corrected chi connectivity index (χ3v) is 7.94. The lowest BCUT2D eigenvalue weighted by Crippen LogP contribution is -2.59. The summed E-state index contributed by atoms with van der Waals surface area (Å²) < 4.78 is 29.6. The highest BCUT2D eigenvalue weighted by molar-refractivity contribution is 5.60. The minimum atomic E-state index is -1.67. The smallest absolute Gasteiger partial charge is 0.200 e. The van der Waals surface area contributed by atoms with Gasteiger partial charge in [0.2, 0.25) is 11.8 Å². The molecule has 0 saturated carbocycles. The highest BCUT2D eigenvalue weighted by Crippen LogP contribution is 2.60. The van der Waals surface area contributed by atoms with Crippen LogP contribution in [0, 0.1) is 0 Å².